The summed E-state index contributed by atoms with van der Waals surface area (Å²) in [6.45, 7) is 4.51. The molecule has 3 N–H and O–H groups in total. The third-order valence-corrected chi connectivity index (χ3v) is 8.42. The van der Waals surface area contributed by atoms with Crippen molar-refractivity contribution in [1.82, 2.24) is 20.3 Å². The van der Waals surface area contributed by atoms with Crippen LogP contribution in [0.4, 0.5) is 11.5 Å². The van der Waals surface area contributed by atoms with E-state index in [1.165, 1.54) is 0 Å². The van der Waals surface area contributed by atoms with Crippen molar-refractivity contribution in [3.05, 3.63) is 60.4 Å². The maximum Gasteiger partial charge on any atom is 0.456 e. The zero-order valence-corrected chi connectivity index (χ0v) is 21.8. The summed E-state index contributed by atoms with van der Waals surface area (Å²) in [5.74, 6) is 1.07. The summed E-state index contributed by atoms with van der Waals surface area (Å²) in [5.41, 5.74) is 3.44. The van der Waals surface area contributed by atoms with Gasteiger partial charge in [0.2, 0.25) is 5.91 Å². The Labute approximate surface area is 230 Å². The summed E-state index contributed by atoms with van der Waals surface area (Å²) in [4.78, 5) is 18.8. The summed E-state index contributed by atoms with van der Waals surface area (Å²) in [6.07, 6.45) is 0.706. The van der Waals surface area contributed by atoms with Gasteiger partial charge in [-0.05, 0) is 36.8 Å². The molecular formula is C28H29BN6O5. The summed E-state index contributed by atoms with van der Waals surface area (Å²) in [6, 6.07) is 17.1. The SMILES string of the molecule is O=C(Cc1cc(N2CC3(CN(c4ccc5cc(-c6ccccc6O)nnc5c4)C3)C2)no1)N1CCC(B(O)O)C1. The van der Waals surface area contributed by atoms with Crippen LogP contribution in [0.2, 0.25) is 5.82 Å². The van der Waals surface area contributed by atoms with E-state index in [1.807, 2.05) is 30.3 Å². The molecule has 1 amide bonds. The lowest BCUT2D eigenvalue weighted by atomic mass is 9.72. The number of benzene rings is 2. The van der Waals surface area contributed by atoms with E-state index in [1.54, 1.807) is 17.0 Å². The van der Waals surface area contributed by atoms with E-state index in [0.29, 0.717) is 36.5 Å². The second-order valence-corrected chi connectivity index (χ2v) is 11.3. The Kier molecular flexibility index (Phi) is 5.90. The molecule has 40 heavy (non-hydrogen) atoms. The Morgan fingerprint density at radius 3 is 2.60 bits per heavy atom. The first-order chi connectivity index (χ1) is 19.4. The van der Waals surface area contributed by atoms with Crippen molar-refractivity contribution >= 4 is 35.4 Å². The number of hydrogen-bond acceptors (Lipinski definition) is 10. The highest BCUT2D eigenvalue weighted by Crippen LogP contribution is 2.44. The molecule has 2 aromatic heterocycles. The first kappa shape index (κ1) is 24.9. The molecule has 0 bridgehead atoms. The fraction of sp³-hybridized carbons (Fsp3) is 0.357. The van der Waals surface area contributed by atoms with Crippen molar-refractivity contribution < 1.29 is 24.5 Å². The van der Waals surface area contributed by atoms with Crippen LogP contribution in [0.3, 0.4) is 0 Å². The number of amides is 1. The molecule has 11 nitrogen and oxygen atoms in total. The van der Waals surface area contributed by atoms with Crippen LogP contribution in [0, 0.1) is 5.41 Å². The number of anilines is 2. The summed E-state index contributed by atoms with van der Waals surface area (Å²) in [5, 5.41) is 42.8. The monoisotopic (exact) mass is 540 g/mol. The number of phenolic OH excluding ortho intramolecular Hbond substituents is 1. The van der Waals surface area contributed by atoms with E-state index in [4.69, 9.17) is 4.52 Å². The van der Waals surface area contributed by atoms with Crippen molar-refractivity contribution in [2.45, 2.75) is 18.7 Å². The van der Waals surface area contributed by atoms with Crippen LogP contribution < -0.4 is 9.80 Å². The number of carbonyl (C=O) groups is 1. The molecule has 5 heterocycles. The van der Waals surface area contributed by atoms with Crippen molar-refractivity contribution in [2.75, 3.05) is 49.1 Å². The number of aromatic hydroxyl groups is 1. The zero-order chi connectivity index (χ0) is 27.4. The highest BCUT2D eigenvalue weighted by Gasteiger charge is 2.52. The predicted molar refractivity (Wildman–Crippen MR) is 149 cm³/mol. The van der Waals surface area contributed by atoms with Gasteiger partial charge in [0.25, 0.3) is 0 Å². The summed E-state index contributed by atoms with van der Waals surface area (Å²) < 4.78 is 5.45. The van der Waals surface area contributed by atoms with Crippen LogP contribution in [0.5, 0.6) is 5.75 Å². The van der Waals surface area contributed by atoms with Crippen LogP contribution in [0.1, 0.15) is 12.2 Å². The maximum atomic E-state index is 12.6. The number of rotatable bonds is 6. The van der Waals surface area contributed by atoms with Crippen LogP contribution in [0.25, 0.3) is 22.2 Å². The first-order valence-corrected chi connectivity index (χ1v) is 13.5. The Balaban J connectivity index is 0.939. The molecule has 3 fully saturated rings. The third kappa shape index (κ3) is 4.42. The molecule has 1 spiro atoms. The molecule has 3 saturated heterocycles. The van der Waals surface area contributed by atoms with Crippen molar-refractivity contribution in [3.63, 3.8) is 0 Å². The fourth-order valence-corrected chi connectivity index (χ4v) is 6.17. The molecule has 7 rings (SSSR count). The highest BCUT2D eigenvalue weighted by molar-refractivity contribution is 6.43. The van der Waals surface area contributed by atoms with Gasteiger partial charge >= 0.3 is 7.12 Å². The van der Waals surface area contributed by atoms with Gasteiger partial charge in [0.1, 0.15) is 11.5 Å². The number of aromatic nitrogens is 3. The number of likely N-dealkylation sites (tertiary alicyclic amines) is 1. The Morgan fingerprint density at radius 2 is 1.82 bits per heavy atom. The normalized spacial score (nSPS) is 19.6. The van der Waals surface area contributed by atoms with Gasteiger partial charge in [0.15, 0.2) is 5.82 Å². The van der Waals surface area contributed by atoms with Crippen molar-refractivity contribution in [1.29, 1.82) is 0 Å². The first-order valence-electron chi connectivity index (χ1n) is 13.5. The van der Waals surface area contributed by atoms with Gasteiger partial charge in [0.05, 0.1) is 17.6 Å². The van der Waals surface area contributed by atoms with Crippen molar-refractivity contribution in [3.8, 4) is 17.0 Å². The lowest BCUT2D eigenvalue weighted by Crippen LogP contribution is -2.72. The minimum absolute atomic E-state index is 0.0879. The average Bonchev–Trinajstić information content (AvgIpc) is 3.58. The molecule has 3 aliphatic rings. The second-order valence-electron chi connectivity index (χ2n) is 11.3. The molecular weight excluding hydrogens is 511 g/mol. The van der Waals surface area contributed by atoms with Gasteiger partial charge < -0.3 is 34.4 Å². The largest absolute Gasteiger partial charge is 0.507 e. The van der Waals surface area contributed by atoms with E-state index in [0.717, 1.165) is 48.6 Å². The molecule has 204 valence electrons. The minimum atomic E-state index is -1.39. The van der Waals surface area contributed by atoms with Gasteiger partial charge in [0, 0.05) is 73.2 Å². The molecule has 0 radical (unpaired) electrons. The summed E-state index contributed by atoms with van der Waals surface area (Å²) in [7, 11) is -1.39. The molecule has 1 atom stereocenters. The molecule has 0 aliphatic carbocycles. The number of phenols is 1. The van der Waals surface area contributed by atoms with E-state index in [2.05, 4.69) is 37.3 Å². The van der Waals surface area contributed by atoms with Gasteiger partial charge in [-0.3, -0.25) is 4.79 Å². The van der Waals surface area contributed by atoms with E-state index < -0.39 is 7.12 Å². The molecule has 2 aromatic carbocycles. The van der Waals surface area contributed by atoms with E-state index in [9.17, 15) is 19.9 Å². The quantitative estimate of drug-likeness (QED) is 0.311. The number of para-hydroxylation sites is 1. The lowest BCUT2D eigenvalue weighted by molar-refractivity contribution is -0.129. The number of fused-ring (bicyclic) bond motifs is 1. The molecule has 0 saturated carbocycles. The Morgan fingerprint density at radius 1 is 1.02 bits per heavy atom. The highest BCUT2D eigenvalue weighted by atomic mass is 16.5. The smallest absolute Gasteiger partial charge is 0.456 e. The lowest BCUT2D eigenvalue weighted by Gasteiger charge is -2.61. The van der Waals surface area contributed by atoms with Crippen LogP contribution in [-0.2, 0) is 11.2 Å². The van der Waals surface area contributed by atoms with Gasteiger partial charge in [-0.25, -0.2) is 0 Å². The summed E-state index contributed by atoms with van der Waals surface area (Å²) >= 11 is 0. The Hall–Kier alpha value is -4.16. The topological polar surface area (TPSA) is 139 Å². The molecule has 4 aromatic rings. The van der Waals surface area contributed by atoms with Gasteiger partial charge in [-0.1, -0.05) is 23.4 Å². The number of nitrogens with zero attached hydrogens (tertiary/aromatic N) is 6. The van der Waals surface area contributed by atoms with Crippen LogP contribution >= 0.6 is 0 Å². The van der Waals surface area contributed by atoms with E-state index >= 15 is 0 Å². The van der Waals surface area contributed by atoms with Gasteiger partial charge in [-0.2, -0.15) is 0 Å². The zero-order valence-electron chi connectivity index (χ0n) is 21.8. The number of hydrogen-bond donors (Lipinski definition) is 3. The second kappa shape index (κ2) is 9.49. The van der Waals surface area contributed by atoms with Crippen LogP contribution in [0.15, 0.2) is 59.1 Å². The molecule has 12 heteroatoms. The van der Waals surface area contributed by atoms with E-state index in [-0.39, 0.29) is 29.3 Å². The molecule has 1 unspecified atom stereocenters. The standard InChI is InChI=1S/C28H29BN6O5/c36-25-4-2-1-3-22(25)24-9-18-5-6-20(10-23(18)30-31-24)34-14-28(15-34)16-35(17-28)26-11-21(40-32-26)12-27(37)33-8-7-19(13-33)29(38)39/h1-6,9-11,19,36,38-39H,7-8,12-17H2. The number of carbonyl (C=O) groups excluding carboxylic acids is 1. The molecule has 3 aliphatic heterocycles. The maximum absolute atomic E-state index is 12.6. The van der Waals surface area contributed by atoms with Crippen molar-refractivity contribution in [2.24, 2.45) is 5.41 Å². The predicted octanol–water partition coefficient (Wildman–Crippen LogP) is 1.93. The van der Waals surface area contributed by atoms with Gasteiger partial charge in [-0.15, -0.1) is 10.2 Å². The third-order valence-electron chi connectivity index (χ3n) is 8.42. The van der Waals surface area contributed by atoms with Crippen LogP contribution in [-0.4, -0.2) is 87.7 Å². The fourth-order valence-electron chi connectivity index (χ4n) is 6.17. The minimum Gasteiger partial charge on any atom is -0.507 e. The Bertz CT molecular complexity index is 1580. The average molecular weight is 540 g/mol.